The molecule has 1 aliphatic heterocycles. The van der Waals surface area contributed by atoms with Gasteiger partial charge in [-0.25, -0.2) is 0 Å². The second-order valence-corrected chi connectivity index (χ2v) is 6.04. The van der Waals surface area contributed by atoms with Crippen LogP contribution in [0.3, 0.4) is 0 Å². The maximum absolute atomic E-state index is 11.5. The first kappa shape index (κ1) is 14.1. The Bertz CT molecular complexity index is 665. The number of fused-ring (bicyclic) bond motifs is 1. The zero-order chi connectivity index (χ0) is 15.0. The summed E-state index contributed by atoms with van der Waals surface area (Å²) in [5.74, 6) is -0.246. The number of carbonyl (C=O) groups is 1. The molecule has 5 nitrogen and oxygen atoms in total. The van der Waals surface area contributed by atoms with Crippen molar-refractivity contribution in [2.75, 3.05) is 6.54 Å². The quantitative estimate of drug-likeness (QED) is 0.940. The minimum Gasteiger partial charge on any atom is -0.480 e. The van der Waals surface area contributed by atoms with Crippen LogP contribution in [0.5, 0.6) is 0 Å². The van der Waals surface area contributed by atoms with Crippen molar-refractivity contribution in [2.24, 2.45) is 13.0 Å². The highest BCUT2D eigenvalue weighted by Gasteiger charge is 2.32. The first-order valence-corrected chi connectivity index (χ1v) is 7.43. The number of aliphatic carboxylic acids is 1. The predicted molar refractivity (Wildman–Crippen MR) is 80.9 cm³/mol. The Labute approximate surface area is 124 Å². The van der Waals surface area contributed by atoms with E-state index in [0.717, 1.165) is 36.0 Å². The lowest BCUT2D eigenvalue weighted by atomic mass is 9.92. The Morgan fingerprint density at radius 1 is 1.43 bits per heavy atom. The summed E-state index contributed by atoms with van der Waals surface area (Å²) in [4.78, 5) is 13.6. The molecule has 1 aromatic carbocycles. The predicted octanol–water partition coefficient (Wildman–Crippen LogP) is 2.26. The molecule has 2 unspecified atom stereocenters. The monoisotopic (exact) mass is 287 g/mol. The third-order valence-corrected chi connectivity index (χ3v) is 4.45. The number of aryl methyl sites for hydroxylation is 1. The van der Waals surface area contributed by atoms with Gasteiger partial charge in [-0.05, 0) is 31.4 Å². The zero-order valence-electron chi connectivity index (χ0n) is 12.5. The number of para-hydroxylation sites is 1. The van der Waals surface area contributed by atoms with Crippen LogP contribution < -0.4 is 0 Å². The number of benzene rings is 1. The second kappa shape index (κ2) is 5.48. The van der Waals surface area contributed by atoms with E-state index < -0.39 is 12.0 Å². The Balaban J connectivity index is 1.88. The molecule has 1 aromatic heterocycles. The molecule has 0 aliphatic carbocycles. The van der Waals surface area contributed by atoms with Gasteiger partial charge in [0.05, 0.1) is 11.2 Å². The van der Waals surface area contributed by atoms with Crippen LogP contribution in [0.1, 0.15) is 25.5 Å². The molecular weight excluding hydrogens is 266 g/mol. The highest BCUT2D eigenvalue weighted by molar-refractivity contribution is 5.82. The van der Waals surface area contributed by atoms with Crippen LogP contribution in [0.4, 0.5) is 0 Å². The molecule has 2 atom stereocenters. The first-order chi connectivity index (χ1) is 10.1. The maximum atomic E-state index is 11.5. The zero-order valence-corrected chi connectivity index (χ0v) is 12.5. The van der Waals surface area contributed by atoms with Crippen molar-refractivity contribution in [3.8, 4) is 0 Å². The summed E-state index contributed by atoms with van der Waals surface area (Å²) in [6.45, 7) is 3.55. The van der Waals surface area contributed by atoms with E-state index in [1.54, 1.807) is 0 Å². The van der Waals surface area contributed by atoms with Crippen molar-refractivity contribution in [1.29, 1.82) is 0 Å². The lowest BCUT2D eigenvalue weighted by Crippen LogP contribution is -2.46. The molecule has 0 amide bonds. The fraction of sp³-hybridized carbons (Fsp3) is 0.500. The molecule has 1 aliphatic rings. The molecule has 1 fully saturated rings. The van der Waals surface area contributed by atoms with Crippen LogP contribution >= 0.6 is 0 Å². The van der Waals surface area contributed by atoms with Gasteiger partial charge in [0, 0.05) is 19.0 Å². The van der Waals surface area contributed by atoms with Gasteiger partial charge < -0.3 is 5.11 Å². The normalized spacial score (nSPS) is 23.5. The molecule has 2 aromatic rings. The molecule has 0 spiro atoms. The Morgan fingerprint density at radius 2 is 2.19 bits per heavy atom. The van der Waals surface area contributed by atoms with E-state index in [-0.39, 0.29) is 0 Å². The smallest absolute Gasteiger partial charge is 0.320 e. The Kier molecular flexibility index (Phi) is 3.68. The fourth-order valence-corrected chi connectivity index (χ4v) is 3.23. The summed E-state index contributed by atoms with van der Waals surface area (Å²) < 4.78 is 1.87. The fourth-order valence-electron chi connectivity index (χ4n) is 3.23. The molecule has 0 radical (unpaired) electrons. The summed E-state index contributed by atoms with van der Waals surface area (Å²) in [7, 11) is 1.93. The number of piperidine rings is 1. The number of carboxylic acids is 1. The van der Waals surface area contributed by atoms with Gasteiger partial charge in [0.1, 0.15) is 6.04 Å². The van der Waals surface area contributed by atoms with E-state index in [1.807, 2.05) is 29.9 Å². The van der Waals surface area contributed by atoms with E-state index in [2.05, 4.69) is 23.0 Å². The molecule has 2 heterocycles. The molecule has 3 rings (SSSR count). The standard InChI is InChI=1S/C16H21N3O2/c1-11-7-8-19(15(9-11)16(20)21)10-13-12-5-3-4-6-14(12)18(2)17-13/h3-6,11,15H,7-10H2,1-2H3,(H,20,21). The average molecular weight is 287 g/mol. The number of nitrogens with zero attached hydrogens (tertiary/aromatic N) is 3. The summed E-state index contributed by atoms with van der Waals surface area (Å²) >= 11 is 0. The minimum atomic E-state index is -0.721. The lowest BCUT2D eigenvalue weighted by Gasteiger charge is -2.35. The van der Waals surface area contributed by atoms with Crippen molar-refractivity contribution in [1.82, 2.24) is 14.7 Å². The molecule has 1 N–H and O–H groups in total. The van der Waals surface area contributed by atoms with Gasteiger partial charge in [0.15, 0.2) is 0 Å². The molecule has 21 heavy (non-hydrogen) atoms. The highest BCUT2D eigenvalue weighted by Crippen LogP contribution is 2.26. The number of aromatic nitrogens is 2. The number of hydrogen-bond acceptors (Lipinski definition) is 3. The van der Waals surface area contributed by atoms with Gasteiger partial charge >= 0.3 is 5.97 Å². The number of rotatable bonds is 3. The Hall–Kier alpha value is -1.88. The Morgan fingerprint density at radius 3 is 2.95 bits per heavy atom. The van der Waals surface area contributed by atoms with Crippen molar-refractivity contribution in [2.45, 2.75) is 32.4 Å². The van der Waals surface area contributed by atoms with Gasteiger partial charge in [-0.2, -0.15) is 5.10 Å². The molecule has 112 valence electrons. The highest BCUT2D eigenvalue weighted by atomic mass is 16.4. The molecular formula is C16H21N3O2. The van der Waals surface area contributed by atoms with Crippen LogP contribution in [0, 0.1) is 5.92 Å². The topological polar surface area (TPSA) is 58.4 Å². The molecule has 0 bridgehead atoms. The first-order valence-electron chi connectivity index (χ1n) is 7.43. The second-order valence-electron chi connectivity index (χ2n) is 6.04. The van der Waals surface area contributed by atoms with Crippen molar-refractivity contribution in [3.05, 3.63) is 30.0 Å². The summed E-state index contributed by atoms with van der Waals surface area (Å²) in [5, 5.41) is 15.1. The van der Waals surface area contributed by atoms with E-state index in [0.29, 0.717) is 12.5 Å². The van der Waals surface area contributed by atoms with Crippen LogP contribution in [0.2, 0.25) is 0 Å². The molecule has 5 heteroatoms. The number of carboxylic acid groups (broad SMARTS) is 1. The van der Waals surface area contributed by atoms with E-state index in [4.69, 9.17) is 0 Å². The number of hydrogen-bond donors (Lipinski definition) is 1. The van der Waals surface area contributed by atoms with Gasteiger partial charge in [-0.1, -0.05) is 25.1 Å². The molecule has 0 saturated carbocycles. The minimum absolute atomic E-state index is 0.394. The third kappa shape index (κ3) is 2.65. The van der Waals surface area contributed by atoms with Crippen molar-refractivity contribution in [3.63, 3.8) is 0 Å². The lowest BCUT2D eigenvalue weighted by molar-refractivity contribution is -0.145. The van der Waals surface area contributed by atoms with Gasteiger partial charge in [0.25, 0.3) is 0 Å². The van der Waals surface area contributed by atoms with Gasteiger partial charge in [0.2, 0.25) is 0 Å². The van der Waals surface area contributed by atoms with E-state index in [9.17, 15) is 9.90 Å². The van der Waals surface area contributed by atoms with Gasteiger partial charge in [-0.3, -0.25) is 14.4 Å². The van der Waals surface area contributed by atoms with Crippen LogP contribution in [0.15, 0.2) is 24.3 Å². The SMILES string of the molecule is CC1CCN(Cc2nn(C)c3ccccc23)C(C(=O)O)C1. The van der Waals surface area contributed by atoms with E-state index in [1.165, 1.54) is 0 Å². The summed E-state index contributed by atoms with van der Waals surface area (Å²) in [5.41, 5.74) is 2.05. The van der Waals surface area contributed by atoms with Crippen LogP contribution in [0.25, 0.3) is 10.9 Å². The summed E-state index contributed by atoms with van der Waals surface area (Å²) in [6, 6.07) is 7.70. The van der Waals surface area contributed by atoms with Crippen molar-refractivity contribution < 1.29 is 9.90 Å². The van der Waals surface area contributed by atoms with Gasteiger partial charge in [-0.15, -0.1) is 0 Å². The molecule has 1 saturated heterocycles. The summed E-state index contributed by atoms with van der Waals surface area (Å²) in [6.07, 6.45) is 1.77. The van der Waals surface area contributed by atoms with Crippen molar-refractivity contribution >= 4 is 16.9 Å². The van der Waals surface area contributed by atoms with E-state index >= 15 is 0 Å². The number of likely N-dealkylation sites (tertiary alicyclic amines) is 1. The van der Waals surface area contributed by atoms with Crippen LogP contribution in [-0.2, 0) is 18.4 Å². The third-order valence-electron chi connectivity index (χ3n) is 4.45. The maximum Gasteiger partial charge on any atom is 0.320 e. The average Bonchev–Trinajstić information content (AvgIpc) is 2.78. The van der Waals surface area contributed by atoms with Crippen LogP contribution in [-0.4, -0.2) is 38.3 Å². The largest absolute Gasteiger partial charge is 0.480 e.